The van der Waals surface area contributed by atoms with Gasteiger partial charge in [-0.2, -0.15) is 0 Å². The van der Waals surface area contributed by atoms with E-state index in [2.05, 4.69) is 0 Å². The average Bonchev–Trinajstić information content (AvgIpc) is 2.76. The Hall–Kier alpha value is -0.910. The van der Waals surface area contributed by atoms with Crippen LogP contribution < -0.4 is 0 Å². The molecule has 5 saturated carbocycles. The van der Waals surface area contributed by atoms with E-state index in [1.54, 1.807) is 12.2 Å². The summed E-state index contributed by atoms with van der Waals surface area (Å²) in [6.45, 7) is 0. The number of carboxylic acids is 1. The molecule has 0 amide bonds. The second-order valence-corrected chi connectivity index (χ2v) is 9.78. The summed E-state index contributed by atoms with van der Waals surface area (Å²) in [7, 11) is 0. The molecule has 0 aromatic carbocycles. The fraction of sp³-hybridized carbons (Fsp3) is 0.857. The lowest BCUT2D eigenvalue weighted by Crippen LogP contribution is -2.47. The Morgan fingerprint density at radius 1 is 1.00 bits per heavy atom. The van der Waals surface area contributed by atoms with Crippen LogP contribution in [-0.2, 0) is 4.79 Å². The Balaban J connectivity index is 1.39. The SMILES string of the molecule is O=C(O)CC1C(O)CC(O)C1C=CC(O)CC12CC3CC(CC(C3)C1)C2. The number of carbonyl (C=O) groups is 1. The monoisotopic (exact) mass is 364 g/mol. The van der Waals surface area contributed by atoms with Crippen molar-refractivity contribution in [1.82, 2.24) is 0 Å². The maximum atomic E-state index is 11.0. The lowest BCUT2D eigenvalue weighted by Gasteiger charge is -2.57. The molecule has 0 spiro atoms. The van der Waals surface area contributed by atoms with Crippen molar-refractivity contribution in [2.75, 3.05) is 0 Å². The third-order valence-corrected chi connectivity index (χ3v) is 7.69. The van der Waals surface area contributed by atoms with Crippen molar-refractivity contribution in [2.45, 2.75) is 76.1 Å². The van der Waals surface area contributed by atoms with Gasteiger partial charge < -0.3 is 20.4 Å². The van der Waals surface area contributed by atoms with Crippen LogP contribution in [0.5, 0.6) is 0 Å². The van der Waals surface area contributed by atoms with Gasteiger partial charge in [0.05, 0.1) is 24.7 Å². The highest BCUT2D eigenvalue weighted by Gasteiger charge is 2.51. The van der Waals surface area contributed by atoms with Crippen LogP contribution >= 0.6 is 0 Å². The zero-order chi connectivity index (χ0) is 18.5. The lowest BCUT2D eigenvalue weighted by molar-refractivity contribution is -0.139. The van der Waals surface area contributed by atoms with E-state index in [4.69, 9.17) is 5.11 Å². The van der Waals surface area contributed by atoms with Crippen molar-refractivity contribution >= 4 is 5.97 Å². The van der Waals surface area contributed by atoms with E-state index in [0.717, 1.165) is 24.2 Å². The van der Waals surface area contributed by atoms with Gasteiger partial charge in [0.1, 0.15) is 0 Å². The summed E-state index contributed by atoms with van der Waals surface area (Å²) in [4.78, 5) is 11.0. The molecule has 4 N–H and O–H groups in total. The predicted molar refractivity (Wildman–Crippen MR) is 96.2 cm³/mol. The van der Waals surface area contributed by atoms with Crippen LogP contribution in [0.3, 0.4) is 0 Å². The van der Waals surface area contributed by atoms with Crippen molar-refractivity contribution in [3.05, 3.63) is 12.2 Å². The van der Waals surface area contributed by atoms with E-state index in [1.165, 1.54) is 38.5 Å². The number of hydrogen-bond donors (Lipinski definition) is 4. The minimum atomic E-state index is -0.962. The molecule has 4 bridgehead atoms. The maximum absolute atomic E-state index is 11.0. The highest BCUT2D eigenvalue weighted by atomic mass is 16.4. The van der Waals surface area contributed by atoms with Crippen molar-refractivity contribution in [2.24, 2.45) is 35.0 Å². The van der Waals surface area contributed by atoms with Gasteiger partial charge >= 0.3 is 5.97 Å². The first-order valence-electron chi connectivity index (χ1n) is 10.3. The van der Waals surface area contributed by atoms with Gasteiger partial charge in [-0.15, -0.1) is 0 Å². The summed E-state index contributed by atoms with van der Waals surface area (Å²) in [5, 5.41) is 39.9. The number of carboxylic acid groups (broad SMARTS) is 1. The van der Waals surface area contributed by atoms with E-state index in [0.29, 0.717) is 0 Å². The summed E-state index contributed by atoms with van der Waals surface area (Å²) < 4.78 is 0. The first kappa shape index (κ1) is 18.5. The summed E-state index contributed by atoms with van der Waals surface area (Å²) in [5.41, 5.74) is 0.285. The number of aliphatic hydroxyl groups is 3. The smallest absolute Gasteiger partial charge is 0.303 e. The van der Waals surface area contributed by atoms with Gasteiger partial charge in [-0.3, -0.25) is 4.79 Å². The molecule has 0 aliphatic heterocycles. The molecule has 5 unspecified atom stereocenters. The molecule has 0 heterocycles. The van der Waals surface area contributed by atoms with Crippen molar-refractivity contribution in [3.8, 4) is 0 Å². The third kappa shape index (κ3) is 3.58. The second-order valence-electron chi connectivity index (χ2n) is 9.78. The van der Waals surface area contributed by atoms with E-state index in [1.807, 2.05) is 0 Å². The van der Waals surface area contributed by atoms with Crippen LogP contribution in [0.15, 0.2) is 12.2 Å². The molecular weight excluding hydrogens is 332 g/mol. The summed E-state index contributed by atoms with van der Waals surface area (Å²) in [6.07, 6.45) is 10.1. The molecule has 26 heavy (non-hydrogen) atoms. The molecule has 5 aliphatic carbocycles. The number of aliphatic hydroxyl groups excluding tert-OH is 3. The Labute approximate surface area is 155 Å². The van der Waals surface area contributed by atoms with Gasteiger partial charge in [0.25, 0.3) is 0 Å². The van der Waals surface area contributed by atoms with Crippen LogP contribution in [0.2, 0.25) is 0 Å². The average molecular weight is 364 g/mol. The predicted octanol–water partition coefficient (Wildman–Crippen LogP) is 2.34. The first-order chi connectivity index (χ1) is 12.3. The molecule has 146 valence electrons. The van der Waals surface area contributed by atoms with E-state index >= 15 is 0 Å². The summed E-state index contributed by atoms with van der Waals surface area (Å²) in [6, 6.07) is 0. The molecule has 0 saturated heterocycles. The van der Waals surface area contributed by atoms with Gasteiger partial charge in [-0.1, -0.05) is 12.2 Å². The lowest BCUT2D eigenvalue weighted by atomic mass is 9.48. The normalized spacial score (nSPS) is 48.3. The van der Waals surface area contributed by atoms with Gasteiger partial charge in [0, 0.05) is 18.3 Å². The number of hydrogen-bond acceptors (Lipinski definition) is 4. The van der Waals surface area contributed by atoms with Gasteiger partial charge in [-0.25, -0.2) is 0 Å². The van der Waals surface area contributed by atoms with Crippen LogP contribution in [0.25, 0.3) is 0 Å². The van der Waals surface area contributed by atoms with Crippen molar-refractivity contribution in [1.29, 1.82) is 0 Å². The molecule has 0 aromatic rings. The highest BCUT2D eigenvalue weighted by molar-refractivity contribution is 5.67. The largest absolute Gasteiger partial charge is 0.481 e. The number of rotatable bonds is 6. The fourth-order valence-corrected chi connectivity index (χ4v) is 7.17. The Kier molecular flexibility index (Phi) is 4.91. The number of aliphatic carboxylic acids is 1. The zero-order valence-electron chi connectivity index (χ0n) is 15.3. The van der Waals surface area contributed by atoms with E-state index in [-0.39, 0.29) is 18.3 Å². The van der Waals surface area contributed by atoms with Crippen molar-refractivity contribution < 1.29 is 25.2 Å². The Bertz CT molecular complexity index is 535. The van der Waals surface area contributed by atoms with Gasteiger partial charge in [0.2, 0.25) is 0 Å². The second kappa shape index (κ2) is 6.92. The van der Waals surface area contributed by atoms with E-state index < -0.39 is 36.1 Å². The summed E-state index contributed by atoms with van der Waals surface area (Å²) >= 11 is 0. The Morgan fingerprint density at radius 2 is 1.58 bits per heavy atom. The molecule has 5 nitrogen and oxygen atoms in total. The van der Waals surface area contributed by atoms with Gasteiger partial charge in [0.15, 0.2) is 0 Å². The maximum Gasteiger partial charge on any atom is 0.303 e. The zero-order valence-corrected chi connectivity index (χ0v) is 15.3. The Morgan fingerprint density at radius 3 is 2.12 bits per heavy atom. The molecule has 5 aliphatic rings. The van der Waals surface area contributed by atoms with Gasteiger partial charge in [-0.05, 0) is 68.1 Å². The molecule has 5 fully saturated rings. The van der Waals surface area contributed by atoms with Crippen LogP contribution in [0.1, 0.15) is 57.8 Å². The molecular formula is C21H32O5. The van der Waals surface area contributed by atoms with Crippen LogP contribution in [-0.4, -0.2) is 44.7 Å². The minimum Gasteiger partial charge on any atom is -0.481 e. The summed E-state index contributed by atoms with van der Waals surface area (Å²) in [5.74, 6) is 0.714. The molecule has 0 radical (unpaired) electrons. The molecule has 5 rings (SSSR count). The molecule has 5 atom stereocenters. The molecule has 0 aromatic heterocycles. The quantitative estimate of drug-likeness (QED) is 0.542. The first-order valence-corrected chi connectivity index (χ1v) is 10.3. The minimum absolute atomic E-state index is 0.154. The molecule has 5 heteroatoms. The fourth-order valence-electron chi connectivity index (χ4n) is 7.17. The van der Waals surface area contributed by atoms with Crippen LogP contribution in [0.4, 0.5) is 0 Å². The highest BCUT2D eigenvalue weighted by Crippen LogP contribution is 2.61. The van der Waals surface area contributed by atoms with Crippen molar-refractivity contribution in [3.63, 3.8) is 0 Å². The third-order valence-electron chi connectivity index (χ3n) is 7.69. The topological polar surface area (TPSA) is 98.0 Å². The van der Waals surface area contributed by atoms with Crippen LogP contribution in [0, 0.1) is 35.0 Å². The van der Waals surface area contributed by atoms with E-state index in [9.17, 15) is 20.1 Å². The standard InChI is InChI=1S/C21H32O5/c22-15(1-2-16-17(6-20(25)26)19(24)7-18(16)23)11-21-8-12-3-13(9-21)5-14(4-12)10-21/h1-2,12-19,22-24H,3-11H2,(H,25,26).